The highest BCUT2D eigenvalue weighted by molar-refractivity contribution is 7.89. The molecule has 0 aliphatic heterocycles. The number of aromatic amines is 1. The molecule has 0 aromatic carbocycles. The van der Waals surface area contributed by atoms with Crippen molar-refractivity contribution in [2.45, 2.75) is 44.0 Å². The number of sulfonamides is 1. The van der Waals surface area contributed by atoms with E-state index in [4.69, 9.17) is 0 Å². The van der Waals surface area contributed by atoms with Gasteiger partial charge in [0.1, 0.15) is 4.90 Å². The molecular weight excluding hydrogens is 238 g/mol. The maximum atomic E-state index is 12.2. The molecule has 1 aliphatic rings. The summed E-state index contributed by atoms with van der Waals surface area (Å²) in [5, 5.41) is 6.61. The van der Waals surface area contributed by atoms with Crippen LogP contribution in [0.4, 0.5) is 0 Å². The van der Waals surface area contributed by atoms with E-state index >= 15 is 0 Å². The zero-order valence-corrected chi connectivity index (χ0v) is 10.8. The minimum atomic E-state index is -3.46. The van der Waals surface area contributed by atoms with Crippen LogP contribution in [-0.4, -0.2) is 24.7 Å². The van der Waals surface area contributed by atoms with E-state index in [1.54, 1.807) is 13.8 Å². The number of hydrogen-bond acceptors (Lipinski definition) is 3. The summed E-state index contributed by atoms with van der Waals surface area (Å²) in [5.41, 5.74) is 1.10. The smallest absolute Gasteiger partial charge is 0.244 e. The first-order valence-electron chi connectivity index (χ1n) is 5.69. The fourth-order valence-corrected chi connectivity index (χ4v) is 3.77. The molecule has 0 bridgehead atoms. The van der Waals surface area contributed by atoms with Gasteiger partial charge >= 0.3 is 0 Å². The Kier molecular flexibility index (Phi) is 3.35. The molecule has 1 aromatic heterocycles. The molecule has 1 unspecified atom stereocenters. The van der Waals surface area contributed by atoms with Gasteiger partial charge in [0.05, 0.1) is 11.4 Å². The molecule has 0 saturated heterocycles. The van der Waals surface area contributed by atoms with Gasteiger partial charge in [-0.05, 0) is 33.1 Å². The average molecular weight is 255 g/mol. The lowest BCUT2D eigenvalue weighted by Crippen LogP contribution is -2.35. The number of aromatic nitrogens is 2. The molecule has 0 saturated carbocycles. The number of aryl methyl sites for hydroxylation is 2. The van der Waals surface area contributed by atoms with Crippen molar-refractivity contribution in [3.05, 3.63) is 23.5 Å². The van der Waals surface area contributed by atoms with Crippen molar-refractivity contribution in [2.75, 3.05) is 0 Å². The Morgan fingerprint density at radius 2 is 2.18 bits per heavy atom. The Morgan fingerprint density at radius 3 is 2.71 bits per heavy atom. The standard InChI is InChI=1S/C11H17N3O2S/c1-8-11(9(2)13-12-8)17(15,16)14-10-6-4-3-5-7-10/h3-4,10,14H,5-7H2,1-2H3,(H,12,13). The lowest BCUT2D eigenvalue weighted by Gasteiger charge is -2.19. The van der Waals surface area contributed by atoms with Crippen LogP contribution in [0.5, 0.6) is 0 Å². The molecule has 1 aromatic rings. The molecular formula is C11H17N3O2S. The van der Waals surface area contributed by atoms with Gasteiger partial charge in [0, 0.05) is 6.04 Å². The first kappa shape index (κ1) is 12.3. The second-order valence-corrected chi connectivity index (χ2v) is 6.02. The largest absolute Gasteiger partial charge is 0.281 e. The van der Waals surface area contributed by atoms with Crippen LogP contribution >= 0.6 is 0 Å². The van der Waals surface area contributed by atoms with Gasteiger partial charge in [-0.15, -0.1) is 0 Å². The van der Waals surface area contributed by atoms with Gasteiger partial charge in [-0.25, -0.2) is 13.1 Å². The maximum Gasteiger partial charge on any atom is 0.244 e. The van der Waals surface area contributed by atoms with E-state index in [0.29, 0.717) is 11.4 Å². The zero-order chi connectivity index (χ0) is 12.5. The van der Waals surface area contributed by atoms with Crippen LogP contribution in [0.25, 0.3) is 0 Å². The second-order valence-electron chi connectivity index (χ2n) is 4.37. The Morgan fingerprint density at radius 1 is 1.41 bits per heavy atom. The number of nitrogens with zero attached hydrogens (tertiary/aromatic N) is 1. The van der Waals surface area contributed by atoms with Gasteiger partial charge < -0.3 is 0 Å². The predicted molar refractivity (Wildman–Crippen MR) is 65.2 cm³/mol. The maximum absolute atomic E-state index is 12.2. The van der Waals surface area contributed by atoms with Gasteiger partial charge in [0.15, 0.2) is 0 Å². The number of nitrogens with one attached hydrogen (secondary N) is 2. The SMILES string of the molecule is Cc1n[nH]c(C)c1S(=O)(=O)NC1CC=CCC1. The van der Waals surface area contributed by atoms with Crippen molar-refractivity contribution >= 4 is 10.0 Å². The van der Waals surface area contributed by atoms with Crippen molar-refractivity contribution in [3.8, 4) is 0 Å². The van der Waals surface area contributed by atoms with E-state index in [-0.39, 0.29) is 10.9 Å². The first-order valence-corrected chi connectivity index (χ1v) is 7.18. The number of allylic oxidation sites excluding steroid dienone is 1. The average Bonchev–Trinajstić information content (AvgIpc) is 2.59. The van der Waals surface area contributed by atoms with Crippen LogP contribution in [0.15, 0.2) is 17.0 Å². The van der Waals surface area contributed by atoms with Gasteiger partial charge in [-0.3, -0.25) is 5.10 Å². The van der Waals surface area contributed by atoms with Crippen LogP contribution in [-0.2, 0) is 10.0 Å². The summed E-state index contributed by atoms with van der Waals surface area (Å²) in [7, 11) is -3.46. The Balaban J connectivity index is 2.22. The fourth-order valence-electron chi connectivity index (χ4n) is 2.12. The molecule has 2 N–H and O–H groups in total. The van der Waals surface area contributed by atoms with Gasteiger partial charge in [0.25, 0.3) is 0 Å². The molecule has 6 heteroatoms. The molecule has 1 aliphatic carbocycles. The van der Waals surface area contributed by atoms with Crippen molar-refractivity contribution in [3.63, 3.8) is 0 Å². The van der Waals surface area contributed by atoms with Crippen LogP contribution in [0.2, 0.25) is 0 Å². The summed E-state index contributed by atoms with van der Waals surface area (Å²) in [6.45, 7) is 3.41. The summed E-state index contributed by atoms with van der Waals surface area (Å²) in [6, 6.07) is -0.00120. The highest BCUT2D eigenvalue weighted by Crippen LogP contribution is 2.19. The monoisotopic (exact) mass is 255 g/mol. The van der Waals surface area contributed by atoms with Crippen LogP contribution in [0.1, 0.15) is 30.7 Å². The minimum Gasteiger partial charge on any atom is -0.281 e. The van der Waals surface area contributed by atoms with Crippen LogP contribution < -0.4 is 4.72 Å². The zero-order valence-electron chi connectivity index (χ0n) is 10.0. The third-order valence-corrected chi connectivity index (χ3v) is 4.70. The Bertz CT molecular complexity index is 511. The fraction of sp³-hybridized carbons (Fsp3) is 0.545. The molecule has 0 radical (unpaired) electrons. The van der Waals surface area contributed by atoms with Gasteiger partial charge in [-0.1, -0.05) is 12.2 Å². The molecule has 1 heterocycles. The lowest BCUT2D eigenvalue weighted by molar-refractivity contribution is 0.521. The van der Waals surface area contributed by atoms with Gasteiger partial charge in [-0.2, -0.15) is 5.10 Å². The van der Waals surface area contributed by atoms with Crippen molar-refractivity contribution < 1.29 is 8.42 Å². The first-order chi connectivity index (χ1) is 8.00. The van der Waals surface area contributed by atoms with E-state index in [1.807, 2.05) is 6.08 Å². The summed E-state index contributed by atoms with van der Waals surface area (Å²) < 4.78 is 27.2. The van der Waals surface area contributed by atoms with E-state index in [9.17, 15) is 8.42 Å². The molecule has 2 rings (SSSR count). The van der Waals surface area contributed by atoms with E-state index in [1.165, 1.54) is 0 Å². The molecule has 5 nitrogen and oxygen atoms in total. The molecule has 0 fully saturated rings. The third-order valence-electron chi connectivity index (χ3n) is 2.92. The van der Waals surface area contributed by atoms with E-state index in [2.05, 4.69) is 21.0 Å². The summed E-state index contributed by atoms with van der Waals surface area (Å²) in [6.07, 6.45) is 6.64. The number of H-pyrrole nitrogens is 1. The quantitative estimate of drug-likeness (QED) is 0.802. The molecule has 0 spiro atoms. The summed E-state index contributed by atoms with van der Waals surface area (Å²) in [4.78, 5) is 0.284. The van der Waals surface area contributed by atoms with Crippen molar-refractivity contribution in [1.29, 1.82) is 0 Å². The van der Waals surface area contributed by atoms with Crippen LogP contribution in [0.3, 0.4) is 0 Å². The van der Waals surface area contributed by atoms with Crippen molar-refractivity contribution in [1.82, 2.24) is 14.9 Å². The highest BCUT2D eigenvalue weighted by atomic mass is 32.2. The van der Waals surface area contributed by atoms with Crippen LogP contribution in [0, 0.1) is 13.8 Å². The molecule has 94 valence electrons. The topological polar surface area (TPSA) is 74.8 Å². The van der Waals surface area contributed by atoms with Gasteiger partial charge in [0.2, 0.25) is 10.0 Å². The minimum absolute atomic E-state index is 0.00120. The predicted octanol–water partition coefficient (Wildman–Crippen LogP) is 1.41. The highest BCUT2D eigenvalue weighted by Gasteiger charge is 2.25. The summed E-state index contributed by atoms with van der Waals surface area (Å²) >= 11 is 0. The Labute approximate surface area is 101 Å². The second kappa shape index (κ2) is 4.62. The number of rotatable bonds is 3. The Hall–Kier alpha value is -1.14. The third kappa shape index (κ3) is 2.58. The lowest BCUT2D eigenvalue weighted by atomic mass is 10.0. The molecule has 1 atom stereocenters. The molecule has 0 amide bonds. The van der Waals surface area contributed by atoms with E-state index < -0.39 is 10.0 Å². The van der Waals surface area contributed by atoms with E-state index in [0.717, 1.165) is 19.3 Å². The summed E-state index contributed by atoms with van der Waals surface area (Å²) in [5.74, 6) is 0. The van der Waals surface area contributed by atoms with Crippen molar-refractivity contribution in [2.24, 2.45) is 0 Å². The molecule has 17 heavy (non-hydrogen) atoms. The normalized spacial score (nSPS) is 20.7. The number of hydrogen-bond donors (Lipinski definition) is 2.